The summed E-state index contributed by atoms with van der Waals surface area (Å²) in [6.07, 6.45) is 1.91. The Kier molecular flexibility index (Phi) is 3.88. The molecule has 1 aromatic heterocycles. The van der Waals surface area contributed by atoms with E-state index < -0.39 is 0 Å². The maximum atomic E-state index is 11.3. The zero-order valence-corrected chi connectivity index (χ0v) is 9.78. The van der Waals surface area contributed by atoms with Gasteiger partial charge in [-0.15, -0.1) is 0 Å². The molecule has 1 rings (SSSR count). The summed E-state index contributed by atoms with van der Waals surface area (Å²) < 4.78 is 6.71. The summed E-state index contributed by atoms with van der Waals surface area (Å²) in [6.45, 7) is 8.53. The molecule has 0 aliphatic carbocycles. The lowest BCUT2D eigenvalue weighted by Crippen LogP contribution is -2.13. The van der Waals surface area contributed by atoms with Crippen LogP contribution in [0.1, 0.15) is 38.2 Å². The highest BCUT2D eigenvalue weighted by atomic mass is 16.5. The number of ether oxygens (including phenoxy) is 1. The zero-order chi connectivity index (χ0) is 11.4. The van der Waals surface area contributed by atoms with Crippen molar-refractivity contribution in [2.45, 2.75) is 40.2 Å². The largest absolute Gasteiger partial charge is 0.465 e. The summed E-state index contributed by atoms with van der Waals surface area (Å²) in [7, 11) is 0. The molecule has 0 aliphatic rings. The van der Waals surface area contributed by atoms with E-state index in [1.165, 1.54) is 0 Å². The first-order valence-electron chi connectivity index (χ1n) is 5.23. The first-order chi connectivity index (χ1) is 7.04. The van der Waals surface area contributed by atoms with Crippen LogP contribution in [-0.4, -0.2) is 22.1 Å². The number of hydrogen-bond donors (Lipinski definition) is 0. The summed E-state index contributed by atoms with van der Waals surface area (Å²) >= 11 is 0. The van der Waals surface area contributed by atoms with E-state index in [1.54, 1.807) is 6.92 Å². The number of imidazole rings is 1. The highest BCUT2D eigenvalue weighted by molar-refractivity contribution is 5.69. The van der Waals surface area contributed by atoms with Gasteiger partial charge in [0.2, 0.25) is 0 Å². The quantitative estimate of drug-likeness (QED) is 0.713. The minimum atomic E-state index is -0.215. The summed E-state index contributed by atoms with van der Waals surface area (Å²) in [6, 6.07) is 0. The lowest BCUT2D eigenvalue weighted by atomic mass is 10.2. The normalized spacial score (nSPS) is 10.7. The minimum absolute atomic E-state index is 0.215. The molecule has 0 saturated heterocycles. The zero-order valence-electron chi connectivity index (χ0n) is 9.78. The predicted molar refractivity (Wildman–Crippen MR) is 57.7 cm³/mol. The molecule has 0 bridgehead atoms. The molecule has 0 atom stereocenters. The van der Waals surface area contributed by atoms with Crippen molar-refractivity contribution in [1.29, 1.82) is 0 Å². The van der Waals surface area contributed by atoms with Crippen molar-refractivity contribution < 1.29 is 9.53 Å². The van der Waals surface area contributed by atoms with E-state index in [0.29, 0.717) is 12.5 Å². The molecule has 0 unspecified atom stereocenters. The van der Waals surface area contributed by atoms with Gasteiger partial charge < -0.3 is 9.30 Å². The van der Waals surface area contributed by atoms with Gasteiger partial charge in [-0.05, 0) is 19.8 Å². The number of nitrogens with zero attached hydrogens (tertiary/aromatic N) is 2. The second-order valence-electron chi connectivity index (χ2n) is 3.80. The molecule has 0 spiro atoms. The van der Waals surface area contributed by atoms with Gasteiger partial charge in [0, 0.05) is 6.20 Å². The Labute approximate surface area is 90.3 Å². The number of hydrogen-bond acceptors (Lipinski definition) is 3. The predicted octanol–water partition coefficient (Wildman–Crippen LogP) is 1.88. The number of esters is 1. The average Bonchev–Trinajstić information content (AvgIpc) is 2.48. The molecule has 0 aliphatic heterocycles. The van der Waals surface area contributed by atoms with E-state index in [4.69, 9.17) is 4.74 Å². The number of aryl methyl sites for hydroxylation is 1. The van der Waals surface area contributed by atoms with E-state index in [9.17, 15) is 4.79 Å². The van der Waals surface area contributed by atoms with Gasteiger partial charge in [-0.1, -0.05) is 13.8 Å². The van der Waals surface area contributed by atoms with E-state index in [1.807, 2.05) is 17.7 Å². The van der Waals surface area contributed by atoms with Crippen LogP contribution in [-0.2, 0) is 16.1 Å². The van der Waals surface area contributed by atoms with E-state index in [2.05, 4.69) is 18.8 Å². The standard InChI is InChI=1S/C11H18N2O2/c1-5-15-11(14)7-13-6-10(8(2)3)12-9(13)4/h6,8H,5,7H2,1-4H3. The molecule has 0 saturated carbocycles. The van der Waals surface area contributed by atoms with Crippen LogP contribution in [0.2, 0.25) is 0 Å². The van der Waals surface area contributed by atoms with Crippen molar-refractivity contribution >= 4 is 5.97 Å². The van der Waals surface area contributed by atoms with Crippen molar-refractivity contribution in [3.8, 4) is 0 Å². The maximum absolute atomic E-state index is 11.3. The monoisotopic (exact) mass is 210 g/mol. The third-order valence-corrected chi connectivity index (χ3v) is 2.19. The summed E-state index contributed by atoms with van der Waals surface area (Å²) in [4.78, 5) is 15.7. The molecule has 0 aromatic carbocycles. The highest BCUT2D eigenvalue weighted by Gasteiger charge is 2.10. The van der Waals surface area contributed by atoms with Gasteiger partial charge in [0.15, 0.2) is 0 Å². The maximum Gasteiger partial charge on any atom is 0.325 e. The van der Waals surface area contributed by atoms with Crippen molar-refractivity contribution in [2.24, 2.45) is 0 Å². The topological polar surface area (TPSA) is 44.1 Å². The molecule has 1 heterocycles. The van der Waals surface area contributed by atoms with Gasteiger partial charge in [0.1, 0.15) is 12.4 Å². The highest BCUT2D eigenvalue weighted by Crippen LogP contribution is 2.13. The Bertz CT molecular complexity index is 342. The van der Waals surface area contributed by atoms with Crippen LogP contribution >= 0.6 is 0 Å². The molecule has 0 amide bonds. The lowest BCUT2D eigenvalue weighted by Gasteiger charge is -2.03. The van der Waals surface area contributed by atoms with E-state index in [-0.39, 0.29) is 12.5 Å². The van der Waals surface area contributed by atoms with Gasteiger partial charge in [-0.2, -0.15) is 0 Å². The van der Waals surface area contributed by atoms with Gasteiger partial charge in [0.05, 0.1) is 12.3 Å². The molecular formula is C11H18N2O2. The first kappa shape index (κ1) is 11.8. The fraction of sp³-hybridized carbons (Fsp3) is 0.636. The fourth-order valence-corrected chi connectivity index (χ4v) is 1.32. The number of carbonyl (C=O) groups is 1. The second-order valence-corrected chi connectivity index (χ2v) is 3.80. The van der Waals surface area contributed by atoms with Crippen LogP contribution in [0.25, 0.3) is 0 Å². The van der Waals surface area contributed by atoms with Crippen molar-refractivity contribution in [1.82, 2.24) is 9.55 Å². The van der Waals surface area contributed by atoms with Crippen LogP contribution in [0.15, 0.2) is 6.20 Å². The SMILES string of the molecule is CCOC(=O)Cn1cc(C(C)C)nc1C. The summed E-state index contributed by atoms with van der Waals surface area (Å²) in [5, 5.41) is 0. The van der Waals surface area contributed by atoms with Crippen LogP contribution in [0.3, 0.4) is 0 Å². The van der Waals surface area contributed by atoms with Crippen LogP contribution in [0.5, 0.6) is 0 Å². The Morgan fingerprint density at radius 2 is 2.27 bits per heavy atom. The molecule has 15 heavy (non-hydrogen) atoms. The van der Waals surface area contributed by atoms with Gasteiger partial charge in [0.25, 0.3) is 0 Å². The molecule has 0 radical (unpaired) electrons. The lowest BCUT2D eigenvalue weighted by molar-refractivity contribution is -0.143. The van der Waals surface area contributed by atoms with Crippen LogP contribution < -0.4 is 0 Å². The molecule has 84 valence electrons. The summed E-state index contributed by atoms with van der Waals surface area (Å²) in [5.74, 6) is 1.02. The first-order valence-corrected chi connectivity index (χ1v) is 5.23. The Balaban J connectivity index is 2.73. The Morgan fingerprint density at radius 3 is 2.73 bits per heavy atom. The van der Waals surface area contributed by atoms with Gasteiger partial charge in [-0.3, -0.25) is 4.79 Å². The minimum Gasteiger partial charge on any atom is -0.465 e. The third-order valence-electron chi connectivity index (χ3n) is 2.19. The Hall–Kier alpha value is -1.32. The molecule has 4 nitrogen and oxygen atoms in total. The third kappa shape index (κ3) is 3.08. The molecule has 0 N–H and O–H groups in total. The Morgan fingerprint density at radius 1 is 1.60 bits per heavy atom. The van der Waals surface area contributed by atoms with Gasteiger partial charge in [-0.25, -0.2) is 4.98 Å². The fourth-order valence-electron chi connectivity index (χ4n) is 1.32. The van der Waals surface area contributed by atoms with Crippen LogP contribution in [0.4, 0.5) is 0 Å². The smallest absolute Gasteiger partial charge is 0.325 e. The number of carbonyl (C=O) groups excluding carboxylic acids is 1. The van der Waals surface area contributed by atoms with Gasteiger partial charge >= 0.3 is 5.97 Å². The van der Waals surface area contributed by atoms with Crippen molar-refractivity contribution in [3.63, 3.8) is 0 Å². The number of aromatic nitrogens is 2. The molecule has 4 heteroatoms. The van der Waals surface area contributed by atoms with E-state index in [0.717, 1.165) is 11.5 Å². The van der Waals surface area contributed by atoms with Crippen LogP contribution in [0, 0.1) is 6.92 Å². The van der Waals surface area contributed by atoms with Crippen molar-refractivity contribution in [3.05, 3.63) is 17.7 Å². The van der Waals surface area contributed by atoms with Crippen molar-refractivity contribution in [2.75, 3.05) is 6.61 Å². The summed E-state index contributed by atoms with van der Waals surface area (Å²) in [5.41, 5.74) is 1.01. The molecule has 0 fully saturated rings. The second kappa shape index (κ2) is 4.96. The molecule has 1 aromatic rings. The van der Waals surface area contributed by atoms with E-state index >= 15 is 0 Å². The molecular weight excluding hydrogens is 192 g/mol. The number of rotatable bonds is 4. The average molecular weight is 210 g/mol.